The molecule has 2 aliphatic rings. The first kappa shape index (κ1) is 23.0. The Morgan fingerprint density at radius 1 is 0.971 bits per heavy atom. The quantitative estimate of drug-likeness (QED) is 0.172. The number of hydrogen-bond acceptors (Lipinski definition) is 4. The molecule has 0 saturated heterocycles. The van der Waals surface area contributed by atoms with Crippen LogP contribution < -0.4 is 10.1 Å². The Bertz CT molecular complexity index is 1310. The van der Waals surface area contributed by atoms with Gasteiger partial charge in [0, 0.05) is 32.5 Å². The number of ketones is 1. The van der Waals surface area contributed by atoms with Crippen molar-refractivity contribution in [3.8, 4) is 5.75 Å². The molecule has 1 aliphatic carbocycles. The average molecular weight is 583 g/mol. The second-order valence-electron chi connectivity index (χ2n) is 8.64. The third-order valence-corrected chi connectivity index (χ3v) is 8.10. The largest absolute Gasteiger partial charge is 0.425 e. The van der Waals surface area contributed by atoms with Crippen LogP contribution in [0.1, 0.15) is 40.7 Å². The Labute approximate surface area is 214 Å². The summed E-state index contributed by atoms with van der Waals surface area (Å²) in [6.45, 7) is 2.10. The highest BCUT2D eigenvalue weighted by atomic mass is 79.9. The number of nitrogens with one attached hydrogen (secondary N) is 1. The standard InChI is InChI=1S/C27H21Br2NO4/c1-2-26(23(31)17-8-10-18(28)11-9-17)22-20-14-19(29)12-13-21(20)34-25(33)27(22,26)24(32)30-15-16-6-4-3-5-7-16/h3-14,22H,2,15H2,1H3,(H,30,32)/t22-,26-,27-/m0/s1. The summed E-state index contributed by atoms with van der Waals surface area (Å²) in [5, 5.41) is 2.92. The molecule has 0 unspecified atom stereocenters. The van der Waals surface area contributed by atoms with E-state index in [4.69, 9.17) is 4.74 Å². The van der Waals surface area contributed by atoms with Gasteiger partial charge in [0.2, 0.25) is 5.91 Å². The fourth-order valence-corrected chi connectivity index (χ4v) is 6.15. The number of benzene rings is 3. The number of hydrogen-bond donors (Lipinski definition) is 1. The van der Waals surface area contributed by atoms with Gasteiger partial charge < -0.3 is 10.1 Å². The van der Waals surface area contributed by atoms with Crippen LogP contribution in [0.4, 0.5) is 0 Å². The number of fused-ring (bicyclic) bond motifs is 3. The molecule has 0 spiro atoms. The SMILES string of the molecule is CC[C@@]1(C(=O)c2ccc(Br)cc2)[C@@H]2c3cc(Br)ccc3OC(=O)[C@@]21C(=O)NCc1ccccc1. The predicted octanol–water partition coefficient (Wildman–Crippen LogP) is 5.81. The van der Waals surface area contributed by atoms with Crippen LogP contribution in [0.15, 0.2) is 81.7 Å². The van der Waals surface area contributed by atoms with Crippen LogP contribution in [0.2, 0.25) is 0 Å². The summed E-state index contributed by atoms with van der Waals surface area (Å²) in [6, 6.07) is 21.8. The molecule has 1 amide bonds. The molecular formula is C27H21Br2NO4. The highest BCUT2D eigenvalue weighted by Crippen LogP contribution is 2.80. The van der Waals surface area contributed by atoms with Gasteiger partial charge in [0.1, 0.15) is 5.75 Å². The maximum atomic E-state index is 14.0. The van der Waals surface area contributed by atoms with Gasteiger partial charge in [-0.3, -0.25) is 14.4 Å². The molecule has 3 atom stereocenters. The summed E-state index contributed by atoms with van der Waals surface area (Å²) in [4.78, 5) is 41.4. The molecule has 0 aromatic heterocycles. The molecule has 172 valence electrons. The Hall–Kier alpha value is -2.77. The Morgan fingerprint density at radius 3 is 2.32 bits per heavy atom. The lowest BCUT2D eigenvalue weighted by molar-refractivity contribution is -0.149. The van der Waals surface area contributed by atoms with Gasteiger partial charge in [-0.15, -0.1) is 0 Å². The molecule has 1 heterocycles. The van der Waals surface area contributed by atoms with Crippen molar-refractivity contribution >= 4 is 49.5 Å². The molecule has 5 rings (SSSR count). The van der Waals surface area contributed by atoms with Crippen LogP contribution in [-0.4, -0.2) is 17.7 Å². The van der Waals surface area contributed by atoms with Gasteiger partial charge in [-0.2, -0.15) is 0 Å². The van der Waals surface area contributed by atoms with Gasteiger partial charge >= 0.3 is 5.97 Å². The molecule has 0 radical (unpaired) electrons. The van der Waals surface area contributed by atoms with Crippen LogP contribution in [0.3, 0.4) is 0 Å². The second-order valence-corrected chi connectivity index (χ2v) is 10.5. The molecule has 5 nitrogen and oxygen atoms in total. The molecule has 0 bridgehead atoms. The Balaban J connectivity index is 1.62. The van der Waals surface area contributed by atoms with E-state index in [1.54, 1.807) is 36.4 Å². The van der Waals surface area contributed by atoms with Gasteiger partial charge in [0.15, 0.2) is 11.2 Å². The van der Waals surface area contributed by atoms with E-state index >= 15 is 0 Å². The van der Waals surface area contributed by atoms with Crippen molar-refractivity contribution in [1.82, 2.24) is 5.32 Å². The number of carbonyl (C=O) groups is 3. The number of esters is 1. The van der Waals surface area contributed by atoms with Crippen molar-refractivity contribution in [2.45, 2.75) is 25.8 Å². The van der Waals surface area contributed by atoms with E-state index < -0.39 is 28.6 Å². The molecular weight excluding hydrogens is 562 g/mol. The summed E-state index contributed by atoms with van der Waals surface area (Å²) in [7, 11) is 0. The maximum Gasteiger partial charge on any atom is 0.328 e. The van der Waals surface area contributed by atoms with Crippen LogP contribution >= 0.6 is 31.9 Å². The summed E-state index contributed by atoms with van der Waals surface area (Å²) < 4.78 is 7.33. The van der Waals surface area contributed by atoms with Gasteiger partial charge in [0.25, 0.3) is 0 Å². The first-order valence-electron chi connectivity index (χ1n) is 11.0. The number of carbonyl (C=O) groups excluding carboxylic acids is 3. The average Bonchev–Trinajstić information content (AvgIpc) is 3.50. The number of rotatable bonds is 6. The van der Waals surface area contributed by atoms with Crippen molar-refractivity contribution in [2.75, 3.05) is 0 Å². The Morgan fingerprint density at radius 2 is 1.65 bits per heavy atom. The number of Topliss-reactive ketones (excluding diaryl/α,β-unsaturated/α-hetero) is 1. The zero-order chi connectivity index (χ0) is 24.1. The lowest BCUT2D eigenvalue weighted by Gasteiger charge is -2.24. The molecule has 7 heteroatoms. The molecule has 1 fully saturated rings. The first-order valence-corrected chi connectivity index (χ1v) is 12.6. The number of amides is 1. The fraction of sp³-hybridized carbons (Fsp3) is 0.222. The van der Waals surface area contributed by atoms with Crippen LogP contribution in [0, 0.1) is 10.8 Å². The van der Waals surface area contributed by atoms with E-state index in [1.165, 1.54) is 0 Å². The zero-order valence-electron chi connectivity index (χ0n) is 18.3. The third kappa shape index (κ3) is 3.21. The lowest BCUT2D eigenvalue weighted by atomic mass is 9.82. The topological polar surface area (TPSA) is 72.5 Å². The van der Waals surface area contributed by atoms with Gasteiger partial charge in [-0.05, 0) is 42.3 Å². The van der Waals surface area contributed by atoms with E-state index in [1.807, 2.05) is 43.3 Å². The van der Waals surface area contributed by atoms with Crippen LogP contribution in [-0.2, 0) is 16.1 Å². The molecule has 1 aliphatic heterocycles. The highest BCUT2D eigenvalue weighted by Gasteiger charge is 2.89. The van der Waals surface area contributed by atoms with Crippen molar-refractivity contribution in [1.29, 1.82) is 0 Å². The molecule has 3 aromatic rings. The number of halogens is 2. The predicted molar refractivity (Wildman–Crippen MR) is 134 cm³/mol. The van der Waals surface area contributed by atoms with E-state index in [2.05, 4.69) is 37.2 Å². The van der Waals surface area contributed by atoms with Gasteiger partial charge in [-0.25, -0.2) is 0 Å². The van der Waals surface area contributed by atoms with Crippen LogP contribution in [0.5, 0.6) is 5.75 Å². The summed E-state index contributed by atoms with van der Waals surface area (Å²) >= 11 is 6.89. The lowest BCUT2D eigenvalue weighted by Crippen LogP contribution is -2.45. The van der Waals surface area contributed by atoms with Crippen molar-refractivity contribution in [2.24, 2.45) is 10.8 Å². The minimum absolute atomic E-state index is 0.230. The van der Waals surface area contributed by atoms with E-state index in [0.717, 1.165) is 14.5 Å². The zero-order valence-corrected chi connectivity index (χ0v) is 21.5. The van der Waals surface area contributed by atoms with Gasteiger partial charge in [0.05, 0.1) is 5.41 Å². The first-order chi connectivity index (χ1) is 16.4. The summed E-state index contributed by atoms with van der Waals surface area (Å²) in [6.07, 6.45) is 0.312. The minimum Gasteiger partial charge on any atom is -0.425 e. The monoisotopic (exact) mass is 581 g/mol. The van der Waals surface area contributed by atoms with E-state index in [0.29, 0.717) is 23.3 Å². The normalized spacial score (nSPS) is 24.4. The maximum absolute atomic E-state index is 14.0. The molecule has 1 N–H and O–H groups in total. The molecule has 34 heavy (non-hydrogen) atoms. The highest BCUT2D eigenvalue weighted by molar-refractivity contribution is 9.10. The fourth-order valence-electron chi connectivity index (χ4n) is 5.51. The van der Waals surface area contributed by atoms with E-state index in [9.17, 15) is 14.4 Å². The third-order valence-electron chi connectivity index (χ3n) is 7.08. The van der Waals surface area contributed by atoms with Crippen molar-refractivity contribution in [3.05, 3.63) is 98.4 Å². The summed E-state index contributed by atoms with van der Waals surface area (Å²) in [5.41, 5.74) is -0.826. The van der Waals surface area contributed by atoms with Gasteiger partial charge in [-0.1, -0.05) is 81.2 Å². The minimum atomic E-state index is -1.63. The van der Waals surface area contributed by atoms with Crippen molar-refractivity contribution < 1.29 is 19.1 Å². The summed E-state index contributed by atoms with van der Waals surface area (Å²) in [5.74, 6) is -1.61. The number of ether oxygens (including phenoxy) is 1. The second kappa shape index (κ2) is 8.47. The van der Waals surface area contributed by atoms with Crippen molar-refractivity contribution in [3.63, 3.8) is 0 Å². The smallest absolute Gasteiger partial charge is 0.328 e. The molecule has 1 saturated carbocycles. The van der Waals surface area contributed by atoms with E-state index in [-0.39, 0.29) is 12.3 Å². The van der Waals surface area contributed by atoms with Crippen LogP contribution in [0.25, 0.3) is 0 Å². The Kier molecular flexibility index (Phi) is 5.73. The molecule has 3 aromatic carbocycles.